The normalized spacial score (nSPS) is 11.8. The van der Waals surface area contributed by atoms with Crippen molar-refractivity contribution in [1.29, 1.82) is 0 Å². The Balaban J connectivity index is 2.14. The Kier molecular flexibility index (Phi) is 5.63. The van der Waals surface area contributed by atoms with Crippen molar-refractivity contribution in [1.82, 2.24) is 4.98 Å². The Hall–Kier alpha value is -1.78. The SMILES string of the molecule is CCC(C)Nc1ccnc(C(=O)Nc2ccc(Cl)cc2Cl)c1. The Morgan fingerprint density at radius 3 is 2.73 bits per heavy atom. The number of hydrogen-bond acceptors (Lipinski definition) is 3. The first-order chi connectivity index (χ1) is 10.5. The van der Waals surface area contributed by atoms with Gasteiger partial charge in [-0.05, 0) is 43.7 Å². The predicted molar refractivity (Wildman–Crippen MR) is 92.0 cm³/mol. The topological polar surface area (TPSA) is 54.0 Å². The maximum atomic E-state index is 12.3. The zero-order valence-electron chi connectivity index (χ0n) is 12.4. The van der Waals surface area contributed by atoms with Crippen LogP contribution < -0.4 is 10.6 Å². The van der Waals surface area contributed by atoms with Crippen LogP contribution in [-0.4, -0.2) is 16.9 Å². The summed E-state index contributed by atoms with van der Waals surface area (Å²) < 4.78 is 0. The van der Waals surface area contributed by atoms with Crippen LogP contribution in [0.1, 0.15) is 30.8 Å². The van der Waals surface area contributed by atoms with E-state index in [0.29, 0.717) is 27.5 Å². The monoisotopic (exact) mass is 337 g/mol. The van der Waals surface area contributed by atoms with Crippen molar-refractivity contribution in [2.75, 3.05) is 10.6 Å². The molecule has 0 fully saturated rings. The first kappa shape index (κ1) is 16.6. The highest BCUT2D eigenvalue weighted by atomic mass is 35.5. The molecule has 0 aliphatic carbocycles. The van der Waals surface area contributed by atoms with Crippen molar-refractivity contribution in [2.24, 2.45) is 0 Å². The molecule has 0 radical (unpaired) electrons. The molecule has 0 spiro atoms. The predicted octanol–water partition coefficient (Wildman–Crippen LogP) is 4.85. The lowest BCUT2D eigenvalue weighted by Gasteiger charge is -2.13. The molecule has 0 bridgehead atoms. The average Bonchev–Trinajstić information content (AvgIpc) is 2.50. The fourth-order valence-electron chi connectivity index (χ4n) is 1.81. The maximum absolute atomic E-state index is 12.3. The van der Waals surface area contributed by atoms with E-state index in [2.05, 4.69) is 29.5 Å². The van der Waals surface area contributed by atoms with Gasteiger partial charge in [0.05, 0.1) is 10.7 Å². The lowest BCUT2D eigenvalue weighted by Crippen LogP contribution is -2.16. The second-order valence-corrected chi connectivity index (χ2v) is 5.81. The Morgan fingerprint density at radius 1 is 1.27 bits per heavy atom. The molecule has 22 heavy (non-hydrogen) atoms. The minimum Gasteiger partial charge on any atom is -0.382 e. The van der Waals surface area contributed by atoms with Gasteiger partial charge in [-0.1, -0.05) is 30.1 Å². The van der Waals surface area contributed by atoms with Gasteiger partial charge in [0.15, 0.2) is 0 Å². The third-order valence-electron chi connectivity index (χ3n) is 3.20. The molecule has 0 aliphatic heterocycles. The van der Waals surface area contributed by atoms with Gasteiger partial charge in [0.25, 0.3) is 5.91 Å². The Labute approximate surface area is 139 Å². The molecule has 6 heteroatoms. The van der Waals surface area contributed by atoms with E-state index in [0.717, 1.165) is 12.1 Å². The number of hydrogen-bond donors (Lipinski definition) is 2. The van der Waals surface area contributed by atoms with Gasteiger partial charge in [-0.15, -0.1) is 0 Å². The van der Waals surface area contributed by atoms with Crippen LogP contribution in [0.5, 0.6) is 0 Å². The van der Waals surface area contributed by atoms with Gasteiger partial charge in [-0.3, -0.25) is 9.78 Å². The van der Waals surface area contributed by atoms with Gasteiger partial charge < -0.3 is 10.6 Å². The van der Waals surface area contributed by atoms with E-state index in [-0.39, 0.29) is 5.91 Å². The Morgan fingerprint density at radius 2 is 2.05 bits per heavy atom. The van der Waals surface area contributed by atoms with Crippen LogP contribution in [0.25, 0.3) is 0 Å². The first-order valence-electron chi connectivity index (χ1n) is 6.98. The van der Waals surface area contributed by atoms with Crippen molar-refractivity contribution in [3.8, 4) is 0 Å². The third-order valence-corrected chi connectivity index (χ3v) is 3.75. The lowest BCUT2D eigenvalue weighted by atomic mass is 10.2. The average molecular weight is 338 g/mol. The summed E-state index contributed by atoms with van der Waals surface area (Å²) in [5.41, 5.74) is 1.68. The molecule has 1 aromatic heterocycles. The highest BCUT2D eigenvalue weighted by molar-refractivity contribution is 6.36. The number of nitrogens with zero attached hydrogens (tertiary/aromatic N) is 1. The zero-order valence-corrected chi connectivity index (χ0v) is 13.9. The van der Waals surface area contributed by atoms with Gasteiger partial charge in [0.1, 0.15) is 5.69 Å². The molecule has 1 heterocycles. The molecule has 1 atom stereocenters. The standard InChI is InChI=1S/C16H17Cl2N3O/c1-3-10(2)20-12-6-7-19-15(9-12)16(22)21-14-5-4-11(17)8-13(14)18/h4-10H,3H2,1-2H3,(H,19,20)(H,21,22). The van der Waals surface area contributed by atoms with E-state index in [4.69, 9.17) is 23.2 Å². The summed E-state index contributed by atoms with van der Waals surface area (Å²) in [6, 6.07) is 8.77. The summed E-state index contributed by atoms with van der Waals surface area (Å²) >= 11 is 11.9. The molecule has 0 saturated heterocycles. The van der Waals surface area contributed by atoms with Gasteiger partial charge in [0.2, 0.25) is 0 Å². The summed E-state index contributed by atoms with van der Waals surface area (Å²) in [6.45, 7) is 4.17. The molecule has 0 aliphatic rings. The summed E-state index contributed by atoms with van der Waals surface area (Å²) in [6.07, 6.45) is 2.59. The minimum atomic E-state index is -0.322. The van der Waals surface area contributed by atoms with Crippen LogP contribution in [0.3, 0.4) is 0 Å². The van der Waals surface area contributed by atoms with E-state index in [9.17, 15) is 4.79 Å². The lowest BCUT2D eigenvalue weighted by molar-refractivity contribution is 0.102. The van der Waals surface area contributed by atoms with E-state index in [1.807, 2.05) is 6.07 Å². The smallest absolute Gasteiger partial charge is 0.274 e. The van der Waals surface area contributed by atoms with E-state index in [1.54, 1.807) is 30.5 Å². The highest BCUT2D eigenvalue weighted by Crippen LogP contribution is 2.25. The summed E-state index contributed by atoms with van der Waals surface area (Å²) in [5.74, 6) is -0.322. The van der Waals surface area contributed by atoms with Crippen LogP contribution in [0.2, 0.25) is 10.0 Å². The van der Waals surface area contributed by atoms with Crippen molar-refractivity contribution in [3.05, 3.63) is 52.3 Å². The van der Waals surface area contributed by atoms with Crippen LogP contribution in [0.4, 0.5) is 11.4 Å². The largest absolute Gasteiger partial charge is 0.382 e. The molecule has 2 N–H and O–H groups in total. The molecular weight excluding hydrogens is 321 g/mol. The zero-order chi connectivity index (χ0) is 16.1. The van der Waals surface area contributed by atoms with Gasteiger partial charge >= 0.3 is 0 Å². The van der Waals surface area contributed by atoms with Gasteiger partial charge in [-0.2, -0.15) is 0 Å². The van der Waals surface area contributed by atoms with Crippen LogP contribution in [0.15, 0.2) is 36.5 Å². The van der Waals surface area contributed by atoms with E-state index in [1.165, 1.54) is 0 Å². The van der Waals surface area contributed by atoms with Crippen LogP contribution >= 0.6 is 23.2 Å². The van der Waals surface area contributed by atoms with Crippen LogP contribution in [-0.2, 0) is 0 Å². The number of carbonyl (C=O) groups excluding carboxylic acids is 1. The molecule has 1 unspecified atom stereocenters. The number of halogens is 2. The quantitative estimate of drug-likeness (QED) is 0.819. The summed E-state index contributed by atoms with van der Waals surface area (Å²) in [7, 11) is 0. The van der Waals surface area contributed by atoms with Gasteiger partial charge in [-0.25, -0.2) is 0 Å². The number of benzene rings is 1. The molecule has 1 aromatic carbocycles. The van der Waals surface area contributed by atoms with Crippen LogP contribution in [0, 0.1) is 0 Å². The molecule has 2 rings (SSSR count). The van der Waals surface area contributed by atoms with Crippen molar-refractivity contribution in [2.45, 2.75) is 26.3 Å². The van der Waals surface area contributed by atoms with E-state index < -0.39 is 0 Å². The molecule has 0 saturated carbocycles. The fraction of sp³-hybridized carbons (Fsp3) is 0.250. The maximum Gasteiger partial charge on any atom is 0.274 e. The number of anilines is 2. The number of rotatable bonds is 5. The molecule has 1 amide bonds. The third kappa shape index (κ3) is 4.36. The Bertz CT molecular complexity index is 676. The van der Waals surface area contributed by atoms with Crippen molar-refractivity contribution >= 4 is 40.5 Å². The molecule has 2 aromatic rings. The number of aromatic nitrogens is 1. The molecular formula is C16H17Cl2N3O. The van der Waals surface area contributed by atoms with E-state index >= 15 is 0 Å². The summed E-state index contributed by atoms with van der Waals surface area (Å²) in [4.78, 5) is 16.4. The molecule has 116 valence electrons. The fourth-order valence-corrected chi connectivity index (χ4v) is 2.26. The second-order valence-electron chi connectivity index (χ2n) is 4.96. The van der Waals surface area contributed by atoms with Crippen molar-refractivity contribution < 1.29 is 4.79 Å². The van der Waals surface area contributed by atoms with Gasteiger partial charge in [0, 0.05) is 22.9 Å². The second kappa shape index (κ2) is 7.47. The number of amides is 1. The number of pyridine rings is 1. The number of carbonyl (C=O) groups is 1. The minimum absolute atomic E-state index is 0.319. The molecule has 4 nitrogen and oxygen atoms in total. The van der Waals surface area contributed by atoms with Crippen molar-refractivity contribution in [3.63, 3.8) is 0 Å². The first-order valence-corrected chi connectivity index (χ1v) is 7.74. The summed E-state index contributed by atoms with van der Waals surface area (Å²) in [5, 5.41) is 6.93. The number of nitrogens with one attached hydrogen (secondary N) is 2. The highest BCUT2D eigenvalue weighted by Gasteiger charge is 2.11.